The first-order valence-corrected chi connectivity index (χ1v) is 16.3. The maximum atomic E-state index is 16.0. The van der Waals surface area contributed by atoms with Gasteiger partial charge in [0.15, 0.2) is 5.82 Å². The monoisotopic (exact) mass is 629 g/mol. The zero-order valence-electron chi connectivity index (χ0n) is 25.6. The standard InChI is InChI=1S/C25H28ClFN4O3.C8H14FN/c1-33-25-29-23-19-13-28-22(21(23)27)18-11-15(32)12-20(26)17(18)8-3-2-6-10-34-16-7-4-5-9-31(14-16)24(19)30-25;1-8-3-2-4-10(8)6-7(9)5-8/h11-13,16,32H,2-10,14H2,1H3;7H,2-6H2,1H3. The van der Waals surface area contributed by atoms with Gasteiger partial charge in [-0.25, -0.2) is 8.78 Å². The molecule has 2 aromatic heterocycles. The third kappa shape index (κ3) is 6.44. The fourth-order valence-corrected chi connectivity index (χ4v) is 7.60. The van der Waals surface area contributed by atoms with Crippen molar-refractivity contribution in [3.05, 3.63) is 34.7 Å². The SMILES string of the molecule is CC12CCCN1CC(F)C2.COc1nc2c3cnc(c(F)c3n1)-c1cc(O)cc(Cl)c1CCCCCOC1CCCCN2C1. The first-order valence-electron chi connectivity index (χ1n) is 15.9. The second kappa shape index (κ2) is 13.3. The average molecular weight is 630 g/mol. The summed E-state index contributed by atoms with van der Waals surface area (Å²) >= 11 is 6.50. The number of phenols is 1. The van der Waals surface area contributed by atoms with Gasteiger partial charge in [0.1, 0.15) is 28.9 Å². The van der Waals surface area contributed by atoms with E-state index in [0.29, 0.717) is 47.9 Å². The van der Waals surface area contributed by atoms with Crippen LogP contribution in [-0.2, 0) is 11.2 Å². The van der Waals surface area contributed by atoms with Crippen LogP contribution >= 0.6 is 11.6 Å². The Kier molecular flexibility index (Phi) is 9.40. The fraction of sp³-hybridized carbons (Fsp3) is 0.606. The molecule has 0 spiro atoms. The van der Waals surface area contributed by atoms with E-state index in [0.717, 1.165) is 63.6 Å². The number of alkyl halides is 1. The summed E-state index contributed by atoms with van der Waals surface area (Å²) in [4.78, 5) is 17.9. The highest BCUT2D eigenvalue weighted by atomic mass is 35.5. The third-order valence-electron chi connectivity index (χ3n) is 9.60. The van der Waals surface area contributed by atoms with Gasteiger partial charge in [0, 0.05) is 48.6 Å². The third-order valence-corrected chi connectivity index (χ3v) is 9.94. The highest BCUT2D eigenvalue weighted by Crippen LogP contribution is 2.40. The minimum absolute atomic E-state index is 0.0376. The summed E-state index contributed by atoms with van der Waals surface area (Å²) in [6.07, 6.45) is 10.8. The van der Waals surface area contributed by atoms with E-state index in [2.05, 4.69) is 31.7 Å². The molecule has 238 valence electrons. The smallest absolute Gasteiger partial charge is 0.318 e. The van der Waals surface area contributed by atoms with Crippen LogP contribution in [0.4, 0.5) is 14.6 Å². The van der Waals surface area contributed by atoms with Crippen LogP contribution in [0.25, 0.3) is 22.2 Å². The van der Waals surface area contributed by atoms with E-state index in [1.54, 1.807) is 6.20 Å². The Morgan fingerprint density at radius 1 is 1.09 bits per heavy atom. The van der Waals surface area contributed by atoms with Crippen LogP contribution in [0.2, 0.25) is 5.02 Å². The number of halogens is 3. The predicted octanol–water partition coefficient (Wildman–Crippen LogP) is 6.88. The molecular weight excluding hydrogens is 588 g/mol. The summed E-state index contributed by atoms with van der Waals surface area (Å²) in [5.74, 6) is -0.0296. The van der Waals surface area contributed by atoms with Gasteiger partial charge in [0.05, 0.1) is 18.6 Å². The molecule has 3 unspecified atom stereocenters. The van der Waals surface area contributed by atoms with E-state index in [9.17, 15) is 9.50 Å². The number of phenolic OH excluding ortho intramolecular Hbond substituents is 1. The molecule has 3 atom stereocenters. The quantitative estimate of drug-likeness (QED) is 0.312. The van der Waals surface area contributed by atoms with Gasteiger partial charge in [-0.1, -0.05) is 18.0 Å². The highest BCUT2D eigenvalue weighted by molar-refractivity contribution is 6.32. The zero-order valence-corrected chi connectivity index (χ0v) is 26.4. The number of methoxy groups -OCH3 is 1. The molecule has 3 fully saturated rings. The first kappa shape index (κ1) is 31.2. The van der Waals surface area contributed by atoms with Crippen LogP contribution in [0.15, 0.2) is 18.3 Å². The number of pyridine rings is 1. The molecule has 0 aliphatic carbocycles. The predicted molar refractivity (Wildman–Crippen MR) is 168 cm³/mol. The van der Waals surface area contributed by atoms with Gasteiger partial charge in [0.2, 0.25) is 0 Å². The second-order valence-corrected chi connectivity index (χ2v) is 13.2. The normalized spacial score (nSPS) is 25.8. The largest absolute Gasteiger partial charge is 0.508 e. The Morgan fingerprint density at radius 2 is 1.95 bits per heavy atom. The number of benzene rings is 1. The molecule has 0 amide bonds. The topological polar surface area (TPSA) is 83.8 Å². The molecule has 6 bridgehead atoms. The van der Waals surface area contributed by atoms with E-state index in [4.69, 9.17) is 21.1 Å². The van der Waals surface area contributed by atoms with Gasteiger partial charge in [0.25, 0.3) is 0 Å². The van der Waals surface area contributed by atoms with Crippen molar-refractivity contribution in [1.29, 1.82) is 0 Å². The van der Waals surface area contributed by atoms with Crippen LogP contribution in [-0.4, -0.2) is 82.7 Å². The van der Waals surface area contributed by atoms with Crippen LogP contribution in [0.1, 0.15) is 70.3 Å². The Morgan fingerprint density at radius 3 is 2.77 bits per heavy atom. The summed E-state index contributed by atoms with van der Waals surface area (Å²) in [7, 11) is 1.47. The van der Waals surface area contributed by atoms with Crippen molar-refractivity contribution in [2.24, 2.45) is 0 Å². The Bertz CT molecular complexity index is 1500. The molecule has 5 aliphatic rings. The molecule has 0 saturated carbocycles. The zero-order chi connectivity index (χ0) is 30.8. The van der Waals surface area contributed by atoms with Crippen LogP contribution < -0.4 is 9.64 Å². The lowest BCUT2D eigenvalue weighted by molar-refractivity contribution is 0.0515. The number of anilines is 1. The number of hydrogen-bond acceptors (Lipinski definition) is 8. The van der Waals surface area contributed by atoms with Gasteiger partial charge in [-0.2, -0.15) is 9.97 Å². The van der Waals surface area contributed by atoms with E-state index in [-0.39, 0.29) is 34.6 Å². The number of ether oxygens (including phenoxy) is 2. The first-order chi connectivity index (χ1) is 21.3. The minimum atomic E-state index is -0.586. The lowest BCUT2D eigenvalue weighted by Gasteiger charge is -2.27. The van der Waals surface area contributed by atoms with Crippen molar-refractivity contribution in [3.8, 4) is 23.0 Å². The van der Waals surface area contributed by atoms with Gasteiger partial charge in [-0.3, -0.25) is 9.88 Å². The molecular formula is C33H42ClF2N5O3. The maximum Gasteiger partial charge on any atom is 0.318 e. The van der Waals surface area contributed by atoms with Crippen LogP contribution in [0.5, 0.6) is 11.8 Å². The lowest BCUT2D eigenvalue weighted by atomic mass is 9.97. The average Bonchev–Trinajstić information content (AvgIpc) is 3.36. The van der Waals surface area contributed by atoms with E-state index in [1.807, 2.05) is 0 Å². The Hall–Kier alpha value is -2.82. The van der Waals surface area contributed by atoms with Gasteiger partial charge in [-0.05, 0) is 89.0 Å². The maximum absolute atomic E-state index is 16.0. The van der Waals surface area contributed by atoms with E-state index in [1.165, 1.54) is 32.1 Å². The summed E-state index contributed by atoms with van der Waals surface area (Å²) in [5, 5.41) is 11.1. The summed E-state index contributed by atoms with van der Waals surface area (Å²) < 4.78 is 40.5. The highest BCUT2D eigenvalue weighted by Gasteiger charge is 2.44. The number of hydrogen-bond donors (Lipinski definition) is 1. The molecule has 11 heteroatoms. The molecule has 5 aliphatic heterocycles. The van der Waals surface area contributed by atoms with E-state index < -0.39 is 12.0 Å². The fourth-order valence-electron chi connectivity index (χ4n) is 7.29. The number of aromatic hydroxyl groups is 1. The van der Waals surface area contributed by atoms with Crippen LogP contribution in [0.3, 0.4) is 0 Å². The van der Waals surface area contributed by atoms with Crippen molar-refractivity contribution in [2.45, 2.75) is 88.9 Å². The lowest BCUT2D eigenvalue weighted by Crippen LogP contribution is -2.34. The number of aromatic nitrogens is 3. The number of fused-ring (bicyclic) bond motifs is 7. The van der Waals surface area contributed by atoms with Crippen molar-refractivity contribution in [3.63, 3.8) is 0 Å². The Labute approximate surface area is 262 Å². The van der Waals surface area contributed by atoms with Gasteiger partial charge >= 0.3 is 6.01 Å². The summed E-state index contributed by atoms with van der Waals surface area (Å²) in [6.45, 7) is 6.16. The summed E-state index contributed by atoms with van der Waals surface area (Å²) in [5.41, 5.74) is 1.71. The van der Waals surface area contributed by atoms with Gasteiger partial charge < -0.3 is 19.5 Å². The van der Waals surface area contributed by atoms with Crippen molar-refractivity contribution >= 4 is 28.3 Å². The molecule has 8 nitrogen and oxygen atoms in total. The molecule has 44 heavy (non-hydrogen) atoms. The molecule has 1 aromatic carbocycles. The number of rotatable bonds is 1. The van der Waals surface area contributed by atoms with Gasteiger partial charge in [-0.15, -0.1) is 0 Å². The molecule has 1 N–H and O–H groups in total. The number of nitrogens with zero attached hydrogens (tertiary/aromatic N) is 5. The van der Waals surface area contributed by atoms with Crippen LogP contribution in [0, 0.1) is 5.82 Å². The molecule has 8 rings (SSSR count). The molecule has 3 saturated heterocycles. The molecule has 3 aromatic rings. The van der Waals surface area contributed by atoms with E-state index >= 15 is 4.39 Å². The van der Waals surface area contributed by atoms with Crippen molar-refractivity contribution in [1.82, 2.24) is 19.9 Å². The minimum Gasteiger partial charge on any atom is -0.508 e. The van der Waals surface area contributed by atoms with Crippen molar-refractivity contribution < 1.29 is 23.4 Å². The summed E-state index contributed by atoms with van der Waals surface area (Å²) in [6, 6.07) is 3.10. The second-order valence-electron chi connectivity index (χ2n) is 12.8. The molecule has 0 radical (unpaired) electrons. The van der Waals surface area contributed by atoms with Crippen molar-refractivity contribution in [2.75, 3.05) is 44.8 Å². The molecule has 7 heterocycles. The Balaban J connectivity index is 0.000000289.